The molecule has 0 radical (unpaired) electrons. The molecule has 0 spiro atoms. The van der Waals surface area contributed by atoms with Gasteiger partial charge in [-0.3, -0.25) is 0 Å². The Balaban J connectivity index is 1.84. The molecule has 2 N–H and O–H groups in total. The summed E-state index contributed by atoms with van der Waals surface area (Å²) in [7, 11) is 1.68. The number of phenolic OH excluding ortho intramolecular Hbond substituents is 1. The number of benzene rings is 1. The van der Waals surface area contributed by atoms with Crippen molar-refractivity contribution in [2.24, 2.45) is 0 Å². The van der Waals surface area contributed by atoms with Gasteiger partial charge in [-0.1, -0.05) is 0 Å². The Morgan fingerprint density at radius 2 is 2.11 bits per heavy atom. The number of ether oxygens (including phenoxy) is 2. The van der Waals surface area contributed by atoms with Gasteiger partial charge >= 0.3 is 0 Å². The van der Waals surface area contributed by atoms with Gasteiger partial charge < -0.3 is 19.9 Å². The van der Waals surface area contributed by atoms with Crippen molar-refractivity contribution < 1.29 is 14.6 Å². The van der Waals surface area contributed by atoms with Gasteiger partial charge in [0.25, 0.3) is 0 Å². The van der Waals surface area contributed by atoms with Crippen LogP contribution in [0.4, 0.5) is 0 Å². The molecule has 18 heavy (non-hydrogen) atoms. The maximum Gasteiger partial charge on any atom is 0.123 e. The molecule has 2 rings (SSSR count). The lowest BCUT2D eigenvalue weighted by atomic mass is 10.2. The molecular weight excluding hydrogens is 230 g/mol. The van der Waals surface area contributed by atoms with E-state index in [1.165, 1.54) is 12.8 Å². The summed E-state index contributed by atoms with van der Waals surface area (Å²) in [5.74, 6) is 0.977. The van der Waals surface area contributed by atoms with Gasteiger partial charge in [-0.2, -0.15) is 0 Å². The van der Waals surface area contributed by atoms with Gasteiger partial charge in [-0.25, -0.2) is 0 Å². The summed E-state index contributed by atoms with van der Waals surface area (Å²) in [5.41, 5.74) is 1.06. The van der Waals surface area contributed by atoms with E-state index in [9.17, 15) is 5.11 Å². The van der Waals surface area contributed by atoms with Gasteiger partial charge in [0.2, 0.25) is 0 Å². The van der Waals surface area contributed by atoms with E-state index in [1.807, 2.05) is 6.07 Å². The topological polar surface area (TPSA) is 50.7 Å². The number of aromatic hydroxyl groups is 1. The van der Waals surface area contributed by atoms with Crippen LogP contribution in [0.1, 0.15) is 24.8 Å². The third-order valence-corrected chi connectivity index (χ3v) is 2.88. The second kappa shape index (κ2) is 6.61. The first-order chi connectivity index (χ1) is 8.78. The molecule has 1 fully saturated rings. The fourth-order valence-electron chi connectivity index (χ4n) is 1.77. The molecule has 0 saturated heterocycles. The molecule has 0 heterocycles. The van der Waals surface area contributed by atoms with Crippen molar-refractivity contribution in [2.75, 3.05) is 20.3 Å². The van der Waals surface area contributed by atoms with Crippen molar-refractivity contribution in [1.82, 2.24) is 5.32 Å². The molecule has 1 saturated carbocycles. The lowest BCUT2D eigenvalue weighted by molar-refractivity contribution is 0.172. The van der Waals surface area contributed by atoms with Crippen LogP contribution in [0.3, 0.4) is 0 Å². The summed E-state index contributed by atoms with van der Waals surface area (Å²) in [6.45, 7) is 2.08. The zero-order valence-corrected chi connectivity index (χ0v) is 10.8. The number of hydrogen-bond donors (Lipinski definition) is 2. The Labute approximate surface area is 108 Å². The standard InChI is InChI=1S/C14H21NO3/c1-17-5-2-6-18-14-8-11(7-13(16)9-14)10-15-12-3-4-12/h7-9,12,15-16H,2-6,10H2,1H3. The molecule has 0 bridgehead atoms. The zero-order chi connectivity index (χ0) is 12.8. The maximum absolute atomic E-state index is 9.64. The fourth-order valence-corrected chi connectivity index (χ4v) is 1.77. The third kappa shape index (κ3) is 4.55. The first-order valence-electron chi connectivity index (χ1n) is 6.46. The largest absolute Gasteiger partial charge is 0.508 e. The Bertz CT molecular complexity index is 377. The molecule has 0 atom stereocenters. The van der Waals surface area contributed by atoms with Gasteiger partial charge in [-0.15, -0.1) is 0 Å². The number of hydrogen-bond acceptors (Lipinski definition) is 4. The number of methoxy groups -OCH3 is 1. The molecule has 4 heteroatoms. The van der Waals surface area contributed by atoms with Crippen molar-refractivity contribution in [2.45, 2.75) is 31.8 Å². The van der Waals surface area contributed by atoms with E-state index >= 15 is 0 Å². The van der Waals surface area contributed by atoms with Gasteiger partial charge in [-0.05, 0) is 30.5 Å². The predicted octanol–water partition coefficient (Wildman–Crippen LogP) is 2.06. The predicted molar refractivity (Wildman–Crippen MR) is 70.0 cm³/mol. The lowest BCUT2D eigenvalue weighted by Gasteiger charge is -2.09. The van der Waals surface area contributed by atoms with Gasteiger partial charge in [0, 0.05) is 38.8 Å². The van der Waals surface area contributed by atoms with Crippen molar-refractivity contribution in [3.05, 3.63) is 23.8 Å². The van der Waals surface area contributed by atoms with Crippen LogP contribution >= 0.6 is 0 Å². The van der Waals surface area contributed by atoms with E-state index in [2.05, 4.69) is 5.32 Å². The minimum absolute atomic E-state index is 0.256. The highest BCUT2D eigenvalue weighted by Crippen LogP contribution is 2.24. The molecule has 1 aliphatic rings. The Morgan fingerprint density at radius 3 is 2.83 bits per heavy atom. The molecule has 100 valence electrons. The Morgan fingerprint density at radius 1 is 1.28 bits per heavy atom. The van der Waals surface area contributed by atoms with Crippen LogP contribution < -0.4 is 10.1 Å². The van der Waals surface area contributed by atoms with E-state index in [1.54, 1.807) is 19.2 Å². The van der Waals surface area contributed by atoms with Gasteiger partial charge in [0.1, 0.15) is 11.5 Å². The SMILES string of the molecule is COCCCOc1cc(O)cc(CNC2CC2)c1. The molecule has 0 unspecified atom stereocenters. The van der Waals surface area contributed by atoms with Crippen LogP contribution in [0.15, 0.2) is 18.2 Å². The van der Waals surface area contributed by atoms with E-state index in [0.29, 0.717) is 19.3 Å². The van der Waals surface area contributed by atoms with Crippen LogP contribution in [-0.2, 0) is 11.3 Å². The molecule has 0 aromatic heterocycles. The second-order valence-corrected chi connectivity index (χ2v) is 4.69. The van der Waals surface area contributed by atoms with Crippen LogP contribution in [0.25, 0.3) is 0 Å². The fraction of sp³-hybridized carbons (Fsp3) is 0.571. The lowest BCUT2D eigenvalue weighted by Crippen LogP contribution is -2.15. The normalized spacial score (nSPS) is 14.7. The summed E-state index contributed by atoms with van der Waals surface area (Å²) < 4.78 is 10.5. The molecule has 0 amide bonds. The Hall–Kier alpha value is -1.26. The summed E-state index contributed by atoms with van der Waals surface area (Å²) in [5, 5.41) is 13.1. The molecule has 4 nitrogen and oxygen atoms in total. The molecule has 1 aromatic rings. The number of rotatable bonds is 8. The third-order valence-electron chi connectivity index (χ3n) is 2.88. The summed E-state index contributed by atoms with van der Waals surface area (Å²) >= 11 is 0. The van der Waals surface area contributed by atoms with E-state index in [0.717, 1.165) is 24.3 Å². The monoisotopic (exact) mass is 251 g/mol. The first kappa shape index (κ1) is 13.2. The molecular formula is C14H21NO3. The van der Waals surface area contributed by atoms with Crippen molar-refractivity contribution >= 4 is 0 Å². The quantitative estimate of drug-likeness (QED) is 0.694. The van der Waals surface area contributed by atoms with E-state index in [4.69, 9.17) is 9.47 Å². The smallest absolute Gasteiger partial charge is 0.123 e. The van der Waals surface area contributed by atoms with Crippen LogP contribution in [-0.4, -0.2) is 31.5 Å². The molecule has 1 aliphatic carbocycles. The van der Waals surface area contributed by atoms with Gasteiger partial charge in [0.15, 0.2) is 0 Å². The maximum atomic E-state index is 9.64. The highest BCUT2D eigenvalue weighted by atomic mass is 16.5. The summed E-state index contributed by atoms with van der Waals surface area (Å²) in [4.78, 5) is 0. The summed E-state index contributed by atoms with van der Waals surface area (Å²) in [6.07, 6.45) is 3.38. The highest BCUT2D eigenvalue weighted by molar-refractivity contribution is 5.37. The van der Waals surface area contributed by atoms with Crippen LogP contribution in [0.5, 0.6) is 11.5 Å². The average Bonchev–Trinajstić information content (AvgIpc) is 3.16. The molecule has 1 aromatic carbocycles. The van der Waals surface area contributed by atoms with Crippen molar-refractivity contribution in [3.8, 4) is 11.5 Å². The number of nitrogens with one attached hydrogen (secondary N) is 1. The first-order valence-corrected chi connectivity index (χ1v) is 6.46. The zero-order valence-electron chi connectivity index (χ0n) is 10.8. The highest BCUT2D eigenvalue weighted by Gasteiger charge is 2.20. The number of phenols is 1. The minimum atomic E-state index is 0.256. The minimum Gasteiger partial charge on any atom is -0.508 e. The van der Waals surface area contributed by atoms with E-state index in [-0.39, 0.29) is 5.75 Å². The van der Waals surface area contributed by atoms with Crippen molar-refractivity contribution in [1.29, 1.82) is 0 Å². The molecule has 0 aliphatic heterocycles. The summed E-state index contributed by atoms with van der Waals surface area (Å²) in [6, 6.07) is 6.06. The van der Waals surface area contributed by atoms with Crippen LogP contribution in [0.2, 0.25) is 0 Å². The average molecular weight is 251 g/mol. The van der Waals surface area contributed by atoms with Crippen molar-refractivity contribution in [3.63, 3.8) is 0 Å². The van der Waals surface area contributed by atoms with Gasteiger partial charge in [0.05, 0.1) is 6.61 Å². The Kier molecular flexibility index (Phi) is 4.84. The second-order valence-electron chi connectivity index (χ2n) is 4.69. The van der Waals surface area contributed by atoms with Crippen LogP contribution in [0, 0.1) is 0 Å². The van der Waals surface area contributed by atoms with E-state index < -0.39 is 0 Å².